The van der Waals surface area contributed by atoms with E-state index in [4.69, 9.17) is 0 Å². The molecule has 1 nitrogen and oxygen atoms in total. The number of benzene rings is 1. The van der Waals surface area contributed by atoms with Crippen LogP contribution in [0.5, 0.6) is 0 Å². The van der Waals surface area contributed by atoms with Gasteiger partial charge in [-0.3, -0.25) is 0 Å². The highest BCUT2D eigenvalue weighted by molar-refractivity contribution is 5.74. The molecular weight excluding hydrogens is 134 g/mol. The first-order valence-electron chi connectivity index (χ1n) is 3.59. The van der Waals surface area contributed by atoms with Gasteiger partial charge >= 0.3 is 0 Å². The predicted octanol–water partition coefficient (Wildman–Crippen LogP) is 2.64. The summed E-state index contributed by atoms with van der Waals surface area (Å²) < 4.78 is 0. The Morgan fingerprint density at radius 2 is 1.91 bits per heavy atom. The first kappa shape index (κ1) is 6.23. The van der Waals surface area contributed by atoms with Gasteiger partial charge in [0.25, 0.3) is 0 Å². The normalized spacial score (nSPS) is 14.0. The predicted molar refractivity (Wildman–Crippen MR) is 48.2 cm³/mol. The van der Waals surface area contributed by atoms with E-state index in [-0.39, 0.29) is 0 Å². The summed E-state index contributed by atoms with van der Waals surface area (Å²) in [6.07, 6.45) is 4.04. The molecule has 2 rings (SSSR count). The van der Waals surface area contributed by atoms with Crippen molar-refractivity contribution in [2.45, 2.75) is 0 Å². The lowest BCUT2D eigenvalue weighted by Gasteiger charge is -2.13. The van der Waals surface area contributed by atoms with Gasteiger partial charge in [-0.2, -0.15) is 0 Å². The molecule has 1 N–H and O–H groups in total. The highest BCUT2D eigenvalue weighted by Crippen LogP contribution is 2.22. The molecule has 1 aromatic carbocycles. The van der Waals surface area contributed by atoms with Gasteiger partial charge in [-0.15, -0.1) is 0 Å². The number of rotatable bonds is 0. The van der Waals surface area contributed by atoms with Crippen molar-refractivity contribution >= 4 is 11.8 Å². The van der Waals surface area contributed by atoms with Crippen LogP contribution in [0.15, 0.2) is 42.6 Å². The fraction of sp³-hybridized carbons (Fsp3) is 0. The number of fused-ring (bicyclic) bond motifs is 1. The van der Waals surface area contributed by atoms with E-state index < -0.39 is 0 Å². The summed E-state index contributed by atoms with van der Waals surface area (Å²) in [5.74, 6) is 0. The molecule has 11 heavy (non-hydrogen) atoms. The van der Waals surface area contributed by atoms with Crippen molar-refractivity contribution in [2.75, 3.05) is 5.32 Å². The van der Waals surface area contributed by atoms with Crippen LogP contribution in [0.3, 0.4) is 0 Å². The lowest BCUT2D eigenvalue weighted by molar-refractivity contribution is 1.45. The lowest BCUT2D eigenvalue weighted by atomic mass is 10.1. The van der Waals surface area contributed by atoms with Crippen molar-refractivity contribution < 1.29 is 0 Å². The van der Waals surface area contributed by atoms with E-state index in [1.54, 1.807) is 0 Å². The number of hydrogen-bond acceptors (Lipinski definition) is 1. The lowest BCUT2D eigenvalue weighted by Crippen LogP contribution is -2.00. The molecule has 54 valence electrons. The third-order valence-corrected chi connectivity index (χ3v) is 1.72. The van der Waals surface area contributed by atoms with E-state index in [9.17, 15) is 0 Å². The minimum absolute atomic E-state index is 0.948. The van der Waals surface area contributed by atoms with Gasteiger partial charge in [0, 0.05) is 11.4 Å². The summed E-state index contributed by atoms with van der Waals surface area (Å²) >= 11 is 0. The van der Waals surface area contributed by atoms with E-state index in [1.807, 2.05) is 24.3 Å². The molecule has 1 heteroatoms. The molecule has 0 atom stereocenters. The van der Waals surface area contributed by atoms with Crippen LogP contribution in [-0.2, 0) is 0 Å². The van der Waals surface area contributed by atoms with Crippen LogP contribution < -0.4 is 5.32 Å². The summed E-state index contributed by atoms with van der Waals surface area (Å²) in [5, 5.41) is 3.18. The SMILES string of the molecule is C=C1C=Cc2ccccc2N1. The zero-order valence-corrected chi connectivity index (χ0v) is 6.17. The molecule has 1 aromatic rings. The molecular formula is C10H9N. The topological polar surface area (TPSA) is 12.0 Å². The Hall–Kier alpha value is -1.50. The molecule has 0 fully saturated rings. The van der Waals surface area contributed by atoms with Gasteiger partial charge in [0.15, 0.2) is 0 Å². The molecule has 0 bridgehead atoms. The molecule has 0 aromatic heterocycles. The Kier molecular flexibility index (Phi) is 1.29. The molecule has 0 saturated carbocycles. The Balaban J connectivity index is 2.54. The first-order chi connectivity index (χ1) is 5.36. The number of allylic oxidation sites excluding steroid dienone is 1. The van der Waals surface area contributed by atoms with Crippen LogP contribution >= 0.6 is 0 Å². The highest BCUT2D eigenvalue weighted by Gasteiger charge is 2.02. The standard InChI is InChI=1S/C10H9N/c1-8-6-7-9-4-2-3-5-10(9)11-8/h2-7,11H,1H2. The van der Waals surface area contributed by atoms with Gasteiger partial charge < -0.3 is 5.32 Å². The average molecular weight is 143 g/mol. The number of anilines is 1. The maximum atomic E-state index is 3.82. The summed E-state index contributed by atoms with van der Waals surface area (Å²) in [5.41, 5.74) is 3.31. The molecule has 0 spiro atoms. The van der Waals surface area contributed by atoms with Crippen molar-refractivity contribution in [2.24, 2.45) is 0 Å². The molecule has 0 unspecified atom stereocenters. The first-order valence-corrected chi connectivity index (χ1v) is 3.59. The van der Waals surface area contributed by atoms with Gasteiger partial charge in [-0.25, -0.2) is 0 Å². The van der Waals surface area contributed by atoms with Gasteiger partial charge in [0.05, 0.1) is 0 Å². The van der Waals surface area contributed by atoms with Crippen LogP contribution in [0.1, 0.15) is 5.56 Å². The van der Waals surface area contributed by atoms with Gasteiger partial charge in [-0.1, -0.05) is 30.9 Å². The van der Waals surface area contributed by atoms with Crippen LogP contribution in [0.2, 0.25) is 0 Å². The molecule has 0 radical (unpaired) electrons. The second-order valence-electron chi connectivity index (χ2n) is 2.57. The number of hydrogen-bond donors (Lipinski definition) is 1. The molecule has 1 aliphatic heterocycles. The fourth-order valence-electron chi connectivity index (χ4n) is 1.16. The van der Waals surface area contributed by atoms with E-state index >= 15 is 0 Å². The van der Waals surface area contributed by atoms with Crippen molar-refractivity contribution in [3.8, 4) is 0 Å². The largest absolute Gasteiger partial charge is 0.356 e. The van der Waals surface area contributed by atoms with Crippen molar-refractivity contribution in [3.05, 3.63) is 48.2 Å². The summed E-state index contributed by atoms with van der Waals surface area (Å²) in [7, 11) is 0. The monoisotopic (exact) mass is 143 g/mol. The molecule has 0 amide bonds. The smallest absolute Gasteiger partial charge is 0.0457 e. The van der Waals surface area contributed by atoms with Crippen molar-refractivity contribution in [1.29, 1.82) is 0 Å². The third-order valence-electron chi connectivity index (χ3n) is 1.72. The third kappa shape index (κ3) is 1.05. The zero-order chi connectivity index (χ0) is 7.68. The van der Waals surface area contributed by atoms with Gasteiger partial charge in [0.1, 0.15) is 0 Å². The van der Waals surface area contributed by atoms with Crippen molar-refractivity contribution in [1.82, 2.24) is 0 Å². The Bertz CT molecular complexity index is 323. The van der Waals surface area contributed by atoms with E-state index in [2.05, 4.69) is 24.0 Å². The van der Waals surface area contributed by atoms with E-state index in [0.717, 1.165) is 11.4 Å². The molecule has 1 heterocycles. The Morgan fingerprint density at radius 1 is 1.09 bits per heavy atom. The second kappa shape index (κ2) is 2.27. The summed E-state index contributed by atoms with van der Waals surface area (Å²) in [6.45, 7) is 3.82. The minimum atomic E-state index is 0.948. The van der Waals surface area contributed by atoms with E-state index in [1.165, 1.54) is 5.56 Å². The maximum absolute atomic E-state index is 3.82. The minimum Gasteiger partial charge on any atom is -0.356 e. The van der Waals surface area contributed by atoms with Crippen LogP contribution in [-0.4, -0.2) is 0 Å². The Labute approximate surface area is 66.1 Å². The molecule has 0 aliphatic carbocycles. The highest BCUT2D eigenvalue weighted by atomic mass is 14.9. The number of nitrogens with one attached hydrogen (secondary N) is 1. The second-order valence-corrected chi connectivity index (χ2v) is 2.57. The summed E-state index contributed by atoms with van der Waals surface area (Å²) in [6, 6.07) is 8.16. The van der Waals surface area contributed by atoms with Crippen molar-refractivity contribution in [3.63, 3.8) is 0 Å². The quantitative estimate of drug-likeness (QED) is 0.588. The Morgan fingerprint density at radius 3 is 2.82 bits per heavy atom. The molecule has 1 aliphatic rings. The van der Waals surface area contributed by atoms with Gasteiger partial charge in [-0.05, 0) is 17.7 Å². The maximum Gasteiger partial charge on any atom is 0.0457 e. The number of para-hydroxylation sites is 1. The zero-order valence-electron chi connectivity index (χ0n) is 6.17. The van der Waals surface area contributed by atoms with Crippen LogP contribution in [0.25, 0.3) is 6.08 Å². The fourth-order valence-corrected chi connectivity index (χ4v) is 1.16. The van der Waals surface area contributed by atoms with Crippen LogP contribution in [0.4, 0.5) is 5.69 Å². The average Bonchev–Trinajstić information content (AvgIpc) is 2.04. The summed E-state index contributed by atoms with van der Waals surface area (Å²) in [4.78, 5) is 0. The van der Waals surface area contributed by atoms with Gasteiger partial charge in [0.2, 0.25) is 0 Å². The van der Waals surface area contributed by atoms with E-state index in [0.29, 0.717) is 0 Å². The molecule has 0 saturated heterocycles. The van der Waals surface area contributed by atoms with Crippen LogP contribution in [0, 0.1) is 0 Å².